The van der Waals surface area contributed by atoms with Crippen LogP contribution in [0.3, 0.4) is 0 Å². The van der Waals surface area contributed by atoms with E-state index in [0.717, 1.165) is 6.42 Å². The molecule has 0 aliphatic carbocycles. The number of carbonyl (C=O) groups excluding carboxylic acids is 1. The van der Waals surface area contributed by atoms with Crippen molar-refractivity contribution in [2.45, 2.75) is 43.3 Å². The van der Waals surface area contributed by atoms with Crippen molar-refractivity contribution >= 4 is 27.2 Å². The number of hydrogen-bond donors (Lipinski definition) is 2. The predicted molar refractivity (Wildman–Crippen MR) is 126 cm³/mol. The standard InChI is InChI=1S/C23H28FN5O4S/c1-23(2,3)34(31,32)18-13-29-16(12-27-21(29)10-17(18)33-4)15-8-19(24)28-20(9-15)26-11-14-5-6-25-22(30)7-14/h8-10,12-14H,5-7,11H2,1-4H3,(H,25,30)(H,26,28)/t14-/m1/s1. The Hall–Kier alpha value is -3.21. The minimum absolute atomic E-state index is 0.00751. The predicted octanol–water partition coefficient (Wildman–Crippen LogP) is 3.05. The van der Waals surface area contributed by atoms with Gasteiger partial charge in [0.25, 0.3) is 0 Å². The van der Waals surface area contributed by atoms with E-state index in [4.69, 9.17) is 4.74 Å². The van der Waals surface area contributed by atoms with Crippen LogP contribution in [0.1, 0.15) is 33.6 Å². The number of rotatable bonds is 6. The van der Waals surface area contributed by atoms with Crippen LogP contribution in [0.5, 0.6) is 5.75 Å². The zero-order valence-electron chi connectivity index (χ0n) is 19.6. The van der Waals surface area contributed by atoms with Gasteiger partial charge in [0, 0.05) is 43.4 Å². The number of amides is 1. The van der Waals surface area contributed by atoms with Gasteiger partial charge in [-0.25, -0.2) is 18.4 Å². The Morgan fingerprint density at radius 1 is 1.29 bits per heavy atom. The molecule has 0 aromatic carbocycles. The molecule has 1 fully saturated rings. The van der Waals surface area contributed by atoms with Gasteiger partial charge >= 0.3 is 0 Å². The van der Waals surface area contributed by atoms with Gasteiger partial charge in [-0.1, -0.05) is 0 Å². The van der Waals surface area contributed by atoms with Crippen molar-refractivity contribution in [1.29, 1.82) is 0 Å². The molecule has 1 atom stereocenters. The summed E-state index contributed by atoms with van der Waals surface area (Å²) in [5.74, 6) is -0.0254. The third-order valence-corrected chi connectivity index (χ3v) is 8.40. The van der Waals surface area contributed by atoms with Crippen molar-refractivity contribution in [3.63, 3.8) is 0 Å². The van der Waals surface area contributed by atoms with Crippen LogP contribution in [0.25, 0.3) is 16.9 Å². The van der Waals surface area contributed by atoms with Gasteiger partial charge in [-0.3, -0.25) is 9.20 Å². The van der Waals surface area contributed by atoms with Gasteiger partial charge in [-0.2, -0.15) is 4.39 Å². The lowest BCUT2D eigenvalue weighted by molar-refractivity contribution is -0.123. The number of pyridine rings is 2. The van der Waals surface area contributed by atoms with E-state index in [1.165, 1.54) is 19.4 Å². The summed E-state index contributed by atoms with van der Waals surface area (Å²) in [6.07, 6.45) is 4.26. The Balaban J connectivity index is 1.72. The number of sulfone groups is 1. The maximum Gasteiger partial charge on any atom is 0.220 e. The molecule has 1 aliphatic heterocycles. The normalized spacial score (nSPS) is 17.0. The monoisotopic (exact) mass is 489 g/mol. The molecule has 4 rings (SSSR count). The maximum absolute atomic E-state index is 14.4. The van der Waals surface area contributed by atoms with Crippen LogP contribution in [0.2, 0.25) is 0 Å². The molecule has 2 N–H and O–H groups in total. The molecular weight excluding hydrogens is 461 g/mol. The lowest BCUT2D eigenvalue weighted by Gasteiger charge is -2.22. The number of aromatic nitrogens is 3. The van der Waals surface area contributed by atoms with Crippen molar-refractivity contribution < 1.29 is 22.3 Å². The number of nitrogens with one attached hydrogen (secondary N) is 2. The first-order valence-corrected chi connectivity index (χ1v) is 12.5. The van der Waals surface area contributed by atoms with Crippen molar-refractivity contribution in [3.05, 3.63) is 36.5 Å². The third-order valence-electron chi connectivity index (χ3n) is 5.90. The highest BCUT2D eigenvalue weighted by Crippen LogP contribution is 2.34. The summed E-state index contributed by atoms with van der Waals surface area (Å²) >= 11 is 0. The summed E-state index contributed by atoms with van der Waals surface area (Å²) in [4.78, 5) is 19.9. The molecule has 34 heavy (non-hydrogen) atoms. The molecule has 1 aliphatic rings. The van der Waals surface area contributed by atoms with E-state index in [0.29, 0.717) is 42.2 Å². The van der Waals surface area contributed by atoms with Crippen molar-refractivity contribution in [1.82, 2.24) is 19.7 Å². The number of fused-ring (bicyclic) bond motifs is 1. The van der Waals surface area contributed by atoms with Gasteiger partial charge in [-0.05, 0) is 39.2 Å². The molecule has 0 spiro atoms. The smallest absolute Gasteiger partial charge is 0.220 e. The van der Waals surface area contributed by atoms with Gasteiger partial charge < -0.3 is 15.4 Å². The fourth-order valence-corrected chi connectivity index (χ4v) is 5.21. The summed E-state index contributed by atoms with van der Waals surface area (Å²) < 4.78 is 46.7. The average Bonchev–Trinajstić information content (AvgIpc) is 3.18. The number of anilines is 1. The summed E-state index contributed by atoms with van der Waals surface area (Å²) in [5, 5.41) is 5.92. The van der Waals surface area contributed by atoms with Crippen LogP contribution in [0, 0.1) is 11.9 Å². The summed E-state index contributed by atoms with van der Waals surface area (Å²) in [6, 6.07) is 4.50. The van der Waals surface area contributed by atoms with E-state index in [9.17, 15) is 17.6 Å². The molecule has 1 amide bonds. The molecule has 3 aromatic heterocycles. The van der Waals surface area contributed by atoms with Crippen LogP contribution < -0.4 is 15.4 Å². The zero-order chi connectivity index (χ0) is 24.7. The molecule has 11 heteroatoms. The van der Waals surface area contributed by atoms with E-state index in [2.05, 4.69) is 20.6 Å². The second-order valence-electron chi connectivity index (χ2n) is 9.35. The van der Waals surface area contributed by atoms with E-state index in [-0.39, 0.29) is 22.5 Å². The fourth-order valence-electron chi connectivity index (χ4n) is 3.90. The Kier molecular flexibility index (Phi) is 6.24. The minimum atomic E-state index is -3.73. The average molecular weight is 490 g/mol. The summed E-state index contributed by atoms with van der Waals surface area (Å²) in [6.45, 7) is 5.96. The molecule has 0 radical (unpaired) electrons. The molecular formula is C23H28FN5O4S. The number of piperidine rings is 1. The largest absolute Gasteiger partial charge is 0.495 e. The molecule has 3 aromatic rings. The van der Waals surface area contributed by atoms with Crippen molar-refractivity contribution in [3.8, 4) is 17.0 Å². The van der Waals surface area contributed by atoms with Crippen LogP contribution in [-0.2, 0) is 14.6 Å². The highest BCUT2D eigenvalue weighted by molar-refractivity contribution is 7.92. The summed E-state index contributed by atoms with van der Waals surface area (Å²) in [5.41, 5.74) is 1.44. The molecule has 9 nitrogen and oxygen atoms in total. The number of halogens is 1. The van der Waals surface area contributed by atoms with Gasteiger partial charge in [0.05, 0.1) is 23.7 Å². The second kappa shape index (κ2) is 8.86. The van der Waals surface area contributed by atoms with Crippen molar-refractivity contribution in [2.75, 3.05) is 25.5 Å². The molecule has 4 heterocycles. The van der Waals surface area contributed by atoms with Crippen LogP contribution >= 0.6 is 0 Å². The number of ether oxygens (including phenoxy) is 1. The molecule has 1 saturated heterocycles. The van der Waals surface area contributed by atoms with E-state index >= 15 is 0 Å². The highest BCUT2D eigenvalue weighted by Gasteiger charge is 2.34. The van der Waals surface area contributed by atoms with Gasteiger partial charge in [0.15, 0.2) is 9.84 Å². The highest BCUT2D eigenvalue weighted by atomic mass is 32.2. The lowest BCUT2D eigenvalue weighted by Crippen LogP contribution is -2.36. The quantitative estimate of drug-likeness (QED) is 0.512. The van der Waals surface area contributed by atoms with Gasteiger partial charge in [0.1, 0.15) is 22.1 Å². The second-order valence-corrected chi connectivity index (χ2v) is 12.0. The topological polar surface area (TPSA) is 115 Å². The fraction of sp³-hybridized carbons (Fsp3) is 0.435. The van der Waals surface area contributed by atoms with Gasteiger partial charge in [0.2, 0.25) is 11.9 Å². The molecule has 182 valence electrons. The SMILES string of the molecule is COc1cc2ncc(-c3cc(F)nc(NC[C@@H]4CCNC(=O)C4)c3)n2cc1S(=O)(=O)C(C)(C)C. The van der Waals surface area contributed by atoms with Gasteiger partial charge in [-0.15, -0.1) is 0 Å². The number of carbonyl (C=O) groups is 1. The molecule has 0 saturated carbocycles. The Morgan fingerprint density at radius 2 is 2.06 bits per heavy atom. The zero-order valence-corrected chi connectivity index (χ0v) is 20.4. The number of imidazole rings is 1. The maximum atomic E-state index is 14.4. The minimum Gasteiger partial charge on any atom is -0.495 e. The number of hydrogen-bond acceptors (Lipinski definition) is 7. The van der Waals surface area contributed by atoms with Crippen molar-refractivity contribution in [2.24, 2.45) is 5.92 Å². The van der Waals surface area contributed by atoms with Crippen LogP contribution in [0.4, 0.5) is 10.2 Å². The van der Waals surface area contributed by atoms with E-state index in [1.807, 2.05) is 0 Å². The first-order chi connectivity index (χ1) is 16.0. The summed E-state index contributed by atoms with van der Waals surface area (Å²) in [7, 11) is -2.33. The molecule has 0 unspecified atom stereocenters. The molecule has 0 bridgehead atoms. The Labute approximate surface area is 197 Å². The number of methoxy groups -OCH3 is 1. The first-order valence-electron chi connectivity index (χ1n) is 11.0. The Morgan fingerprint density at radius 3 is 2.74 bits per heavy atom. The first kappa shape index (κ1) is 23.9. The van der Waals surface area contributed by atoms with E-state index < -0.39 is 20.5 Å². The third kappa shape index (κ3) is 4.56. The van der Waals surface area contributed by atoms with E-state index in [1.54, 1.807) is 43.5 Å². The Bertz CT molecular complexity index is 1350. The van der Waals surface area contributed by atoms with Crippen LogP contribution in [-0.4, -0.2) is 53.6 Å². The number of nitrogens with zero attached hydrogens (tertiary/aromatic N) is 3. The van der Waals surface area contributed by atoms with Crippen LogP contribution in [0.15, 0.2) is 35.5 Å². The lowest BCUT2D eigenvalue weighted by atomic mass is 9.97.